The molecule has 3 aliphatic heterocycles. The van der Waals surface area contributed by atoms with Crippen molar-refractivity contribution in [3.05, 3.63) is 29.6 Å². The predicted octanol–water partition coefficient (Wildman–Crippen LogP) is 2.97. The fraction of sp³-hybridized carbons (Fsp3) is 0.556. The summed E-state index contributed by atoms with van der Waals surface area (Å²) in [6.07, 6.45) is 3.41. The molecule has 0 radical (unpaired) electrons. The minimum atomic E-state index is -1.56. The molecule has 3 atom stereocenters. The van der Waals surface area contributed by atoms with E-state index in [9.17, 15) is 22.8 Å². The molecule has 3 fully saturated rings. The number of rotatable bonds is 1. The van der Waals surface area contributed by atoms with Crippen molar-refractivity contribution in [3.8, 4) is 0 Å². The van der Waals surface area contributed by atoms with E-state index in [1.165, 1.54) is 0 Å². The van der Waals surface area contributed by atoms with Crippen LogP contribution >= 0.6 is 0 Å². The minimum Gasteiger partial charge on any atom is -0.339 e. The second-order valence-electron chi connectivity index (χ2n) is 7.46. The molecule has 2 bridgehead atoms. The summed E-state index contributed by atoms with van der Waals surface area (Å²) in [4.78, 5) is 28.3. The number of piperidine rings is 3. The summed E-state index contributed by atoms with van der Waals surface area (Å²) in [5, 5.41) is 2.45. The fourth-order valence-corrected chi connectivity index (χ4v) is 4.61. The lowest BCUT2D eigenvalue weighted by atomic mass is 9.76. The van der Waals surface area contributed by atoms with E-state index < -0.39 is 23.5 Å². The summed E-state index contributed by atoms with van der Waals surface area (Å²) < 4.78 is 39.7. The van der Waals surface area contributed by atoms with Crippen LogP contribution in [0.15, 0.2) is 12.1 Å². The number of urea groups is 1. The van der Waals surface area contributed by atoms with Crippen LogP contribution in [-0.4, -0.2) is 47.4 Å². The molecule has 0 saturated carbocycles. The van der Waals surface area contributed by atoms with Crippen LogP contribution < -0.4 is 5.32 Å². The van der Waals surface area contributed by atoms with E-state index in [1.807, 2.05) is 4.90 Å². The zero-order valence-electron chi connectivity index (χ0n) is 14.2. The molecule has 3 amide bonds. The molecule has 26 heavy (non-hydrogen) atoms. The predicted molar refractivity (Wildman–Crippen MR) is 87.9 cm³/mol. The lowest BCUT2D eigenvalue weighted by Gasteiger charge is -2.52. The summed E-state index contributed by atoms with van der Waals surface area (Å²) in [5.74, 6) is -3.61. The number of carbonyl (C=O) groups excluding carboxylic acids is 2. The average molecular weight is 367 g/mol. The Bertz CT molecular complexity index is 734. The van der Waals surface area contributed by atoms with Gasteiger partial charge in [-0.15, -0.1) is 0 Å². The van der Waals surface area contributed by atoms with Gasteiger partial charge in [0.1, 0.15) is 0 Å². The van der Waals surface area contributed by atoms with Gasteiger partial charge in [0.2, 0.25) is 5.91 Å². The van der Waals surface area contributed by atoms with E-state index in [1.54, 1.807) is 4.90 Å². The number of anilines is 1. The zero-order valence-corrected chi connectivity index (χ0v) is 14.2. The lowest BCUT2D eigenvalue weighted by molar-refractivity contribution is -0.144. The van der Waals surface area contributed by atoms with E-state index in [-0.39, 0.29) is 29.5 Å². The molecule has 0 spiro atoms. The molecule has 1 N–H and O–H groups in total. The largest absolute Gasteiger partial charge is 0.339 e. The molecule has 140 valence electrons. The van der Waals surface area contributed by atoms with E-state index >= 15 is 0 Å². The Morgan fingerprint density at radius 2 is 1.85 bits per heavy atom. The first-order chi connectivity index (χ1) is 12.4. The Morgan fingerprint density at radius 3 is 2.58 bits per heavy atom. The van der Waals surface area contributed by atoms with Crippen molar-refractivity contribution in [2.75, 3.05) is 25.0 Å². The maximum atomic E-state index is 13.3. The van der Waals surface area contributed by atoms with Gasteiger partial charge in [0.15, 0.2) is 17.5 Å². The number of hydrogen-bond donors (Lipinski definition) is 1. The van der Waals surface area contributed by atoms with Crippen LogP contribution in [0.25, 0.3) is 0 Å². The van der Waals surface area contributed by atoms with Gasteiger partial charge in [-0.1, -0.05) is 0 Å². The van der Waals surface area contributed by atoms with Gasteiger partial charge in [0.05, 0.1) is 0 Å². The van der Waals surface area contributed by atoms with Gasteiger partial charge < -0.3 is 15.1 Å². The van der Waals surface area contributed by atoms with Crippen LogP contribution in [0.1, 0.15) is 25.7 Å². The van der Waals surface area contributed by atoms with E-state index in [4.69, 9.17) is 0 Å². The summed E-state index contributed by atoms with van der Waals surface area (Å²) in [5.41, 5.74) is -0.114. The Balaban J connectivity index is 1.46. The van der Waals surface area contributed by atoms with Crippen molar-refractivity contribution >= 4 is 17.6 Å². The maximum Gasteiger partial charge on any atom is 0.321 e. The topological polar surface area (TPSA) is 52.7 Å². The number of hydrogen-bond acceptors (Lipinski definition) is 2. The second-order valence-corrected chi connectivity index (χ2v) is 7.46. The number of halogens is 3. The van der Waals surface area contributed by atoms with E-state index in [0.717, 1.165) is 31.4 Å². The van der Waals surface area contributed by atoms with Gasteiger partial charge >= 0.3 is 6.03 Å². The maximum absolute atomic E-state index is 13.3. The summed E-state index contributed by atoms with van der Waals surface area (Å²) in [7, 11) is 0. The number of nitrogens with zero attached hydrogens (tertiary/aromatic N) is 2. The Hall–Kier alpha value is -2.25. The lowest BCUT2D eigenvalue weighted by Crippen LogP contribution is -2.61. The molecule has 5 nitrogen and oxygen atoms in total. The van der Waals surface area contributed by atoms with Gasteiger partial charge in [0.25, 0.3) is 0 Å². The number of carbonyl (C=O) groups is 2. The first-order valence-electron chi connectivity index (χ1n) is 8.92. The number of likely N-dealkylation sites (tertiary alicyclic amines) is 1. The Kier molecular flexibility index (Phi) is 4.28. The van der Waals surface area contributed by atoms with Gasteiger partial charge in [-0.2, -0.15) is 0 Å². The van der Waals surface area contributed by atoms with Crippen LogP contribution in [-0.2, 0) is 4.79 Å². The highest BCUT2D eigenvalue weighted by molar-refractivity contribution is 5.89. The Morgan fingerprint density at radius 1 is 1.12 bits per heavy atom. The number of fused-ring (bicyclic) bond motifs is 4. The molecular formula is C18H20F3N3O2. The zero-order chi connectivity index (χ0) is 18.4. The van der Waals surface area contributed by atoms with Crippen molar-refractivity contribution in [2.45, 2.75) is 31.7 Å². The van der Waals surface area contributed by atoms with Crippen LogP contribution in [0, 0.1) is 29.3 Å². The highest BCUT2D eigenvalue weighted by atomic mass is 19.2. The number of benzene rings is 1. The summed E-state index contributed by atoms with van der Waals surface area (Å²) in [6, 6.07) is 1.25. The third-order valence-electron chi connectivity index (χ3n) is 5.70. The minimum absolute atomic E-state index is 0.114. The van der Waals surface area contributed by atoms with Crippen LogP contribution in [0.5, 0.6) is 0 Å². The average Bonchev–Trinajstić information content (AvgIpc) is 2.60. The molecular weight excluding hydrogens is 347 g/mol. The van der Waals surface area contributed by atoms with Crippen LogP contribution in [0.3, 0.4) is 0 Å². The number of nitrogens with one attached hydrogen (secondary N) is 1. The molecule has 2 unspecified atom stereocenters. The highest BCUT2D eigenvalue weighted by Gasteiger charge is 2.44. The third kappa shape index (κ3) is 3.01. The Labute approximate surface area is 149 Å². The fourth-order valence-electron chi connectivity index (χ4n) is 4.61. The molecule has 8 heteroatoms. The molecule has 3 heterocycles. The quantitative estimate of drug-likeness (QED) is 0.776. The van der Waals surface area contributed by atoms with Crippen LogP contribution in [0.2, 0.25) is 0 Å². The molecule has 0 aliphatic carbocycles. The smallest absolute Gasteiger partial charge is 0.321 e. The normalized spacial score (nSPS) is 28.0. The van der Waals surface area contributed by atoms with Gasteiger partial charge in [-0.25, -0.2) is 18.0 Å². The van der Waals surface area contributed by atoms with Crippen LogP contribution in [0.4, 0.5) is 23.7 Å². The van der Waals surface area contributed by atoms with Crippen molar-refractivity contribution in [2.24, 2.45) is 11.8 Å². The SMILES string of the molecule is O=C(Nc1cc(F)c(F)c(F)c1)N1CC2CC(C1)[C@H]1CCCC(=O)N1C2. The highest BCUT2D eigenvalue weighted by Crippen LogP contribution is 2.38. The first kappa shape index (κ1) is 17.2. The van der Waals surface area contributed by atoms with Gasteiger partial charge in [0, 0.05) is 49.9 Å². The molecule has 3 saturated heterocycles. The number of amides is 3. The van der Waals surface area contributed by atoms with Crippen molar-refractivity contribution in [3.63, 3.8) is 0 Å². The van der Waals surface area contributed by atoms with Gasteiger partial charge in [-0.3, -0.25) is 4.79 Å². The van der Waals surface area contributed by atoms with Crippen molar-refractivity contribution in [1.29, 1.82) is 0 Å². The second kappa shape index (κ2) is 6.48. The first-order valence-corrected chi connectivity index (χ1v) is 8.92. The molecule has 3 aliphatic rings. The summed E-state index contributed by atoms with van der Waals surface area (Å²) >= 11 is 0. The van der Waals surface area contributed by atoms with Gasteiger partial charge in [-0.05, 0) is 31.1 Å². The van der Waals surface area contributed by atoms with E-state index in [0.29, 0.717) is 26.1 Å². The third-order valence-corrected chi connectivity index (χ3v) is 5.70. The van der Waals surface area contributed by atoms with Crippen molar-refractivity contribution in [1.82, 2.24) is 9.80 Å². The summed E-state index contributed by atoms with van der Waals surface area (Å²) in [6.45, 7) is 1.65. The molecule has 0 aromatic heterocycles. The van der Waals surface area contributed by atoms with E-state index in [2.05, 4.69) is 5.32 Å². The molecule has 1 aromatic carbocycles. The molecule has 1 aromatic rings. The monoisotopic (exact) mass is 367 g/mol. The standard InChI is InChI=1S/C18H20F3N3O2/c19-13-5-12(6-14(20)17(13)21)22-18(26)23-7-10-4-11(9-23)15-2-1-3-16(25)24(15)8-10/h5-6,10-11,15H,1-4,7-9H2,(H,22,26)/t10?,11?,15-/m1/s1. The molecule has 4 rings (SSSR count). The van der Waals surface area contributed by atoms with Crippen molar-refractivity contribution < 1.29 is 22.8 Å².